The number of amides is 2. The summed E-state index contributed by atoms with van der Waals surface area (Å²) in [6.45, 7) is 6.34. The molecule has 2 heterocycles. The molecule has 23 heavy (non-hydrogen) atoms. The van der Waals surface area contributed by atoms with Crippen molar-refractivity contribution in [2.24, 2.45) is 0 Å². The molecular formula is C18H23N3O2. The lowest BCUT2D eigenvalue weighted by atomic mass is 10.0. The number of hydrogen-bond acceptors (Lipinski definition) is 3. The quantitative estimate of drug-likeness (QED) is 0.854. The highest BCUT2D eigenvalue weighted by Gasteiger charge is 2.32. The van der Waals surface area contributed by atoms with Crippen molar-refractivity contribution in [1.82, 2.24) is 10.2 Å². The van der Waals surface area contributed by atoms with E-state index in [2.05, 4.69) is 18.0 Å². The predicted molar refractivity (Wildman–Crippen MR) is 90.3 cm³/mol. The molecule has 0 radical (unpaired) electrons. The molecule has 1 unspecified atom stereocenters. The van der Waals surface area contributed by atoms with Gasteiger partial charge in [0.25, 0.3) is 0 Å². The van der Waals surface area contributed by atoms with Gasteiger partial charge in [-0.2, -0.15) is 0 Å². The number of carbonyl (C=O) groups excluding carboxylic acids is 2. The minimum atomic E-state index is -0.426. The Hall–Kier alpha value is -2.14. The number of piperazine rings is 1. The fraction of sp³-hybridized carbons (Fsp3) is 0.444. The largest absolute Gasteiger partial charge is 0.336 e. The molecule has 2 amide bonds. The molecule has 1 saturated heterocycles. The molecular weight excluding hydrogens is 290 g/mol. The van der Waals surface area contributed by atoms with Gasteiger partial charge in [0, 0.05) is 31.9 Å². The van der Waals surface area contributed by atoms with Crippen LogP contribution in [0.3, 0.4) is 0 Å². The second kappa shape index (κ2) is 6.96. The maximum absolute atomic E-state index is 12.7. The number of aryl methyl sites for hydroxylation is 1. The predicted octanol–water partition coefficient (Wildman–Crippen LogP) is 1.34. The molecule has 1 aromatic carbocycles. The Morgan fingerprint density at radius 1 is 1.35 bits per heavy atom. The Labute approximate surface area is 137 Å². The number of nitrogens with one attached hydrogen (secondary N) is 1. The summed E-state index contributed by atoms with van der Waals surface area (Å²) in [4.78, 5) is 28.7. The summed E-state index contributed by atoms with van der Waals surface area (Å²) in [5.41, 5.74) is 2.21. The van der Waals surface area contributed by atoms with Crippen molar-refractivity contribution < 1.29 is 9.59 Å². The van der Waals surface area contributed by atoms with E-state index < -0.39 is 6.04 Å². The van der Waals surface area contributed by atoms with Gasteiger partial charge in [0.05, 0.1) is 12.5 Å². The molecule has 0 saturated carbocycles. The fourth-order valence-electron chi connectivity index (χ4n) is 3.37. The Balaban J connectivity index is 1.70. The first-order chi connectivity index (χ1) is 11.2. The normalized spacial score (nSPS) is 21.0. The Morgan fingerprint density at radius 3 is 3.00 bits per heavy atom. The van der Waals surface area contributed by atoms with Crippen LogP contribution in [-0.4, -0.2) is 48.9 Å². The van der Waals surface area contributed by atoms with Crippen molar-refractivity contribution in [2.75, 3.05) is 31.1 Å². The molecule has 5 heteroatoms. The molecule has 122 valence electrons. The number of carbonyl (C=O) groups is 2. The van der Waals surface area contributed by atoms with Gasteiger partial charge in [0.15, 0.2) is 0 Å². The number of nitrogens with zero attached hydrogens (tertiary/aromatic N) is 2. The molecule has 0 aromatic heterocycles. The van der Waals surface area contributed by atoms with Gasteiger partial charge in [0.1, 0.15) is 0 Å². The van der Waals surface area contributed by atoms with Crippen LogP contribution in [0.4, 0.5) is 5.69 Å². The van der Waals surface area contributed by atoms with Gasteiger partial charge < -0.3 is 15.1 Å². The molecule has 1 aromatic rings. The van der Waals surface area contributed by atoms with Crippen LogP contribution < -0.4 is 10.2 Å². The van der Waals surface area contributed by atoms with Gasteiger partial charge >= 0.3 is 0 Å². The maximum Gasteiger partial charge on any atom is 0.240 e. The van der Waals surface area contributed by atoms with E-state index in [0.717, 1.165) is 25.1 Å². The van der Waals surface area contributed by atoms with Crippen molar-refractivity contribution in [3.8, 4) is 0 Å². The van der Waals surface area contributed by atoms with Gasteiger partial charge in [-0.3, -0.25) is 9.59 Å². The van der Waals surface area contributed by atoms with E-state index in [9.17, 15) is 9.59 Å². The third kappa shape index (κ3) is 3.29. The second-order valence-electron chi connectivity index (χ2n) is 6.06. The van der Waals surface area contributed by atoms with Crippen molar-refractivity contribution in [3.05, 3.63) is 42.5 Å². The number of para-hydroxylation sites is 1. The first-order valence-electron chi connectivity index (χ1n) is 8.22. The SMILES string of the molecule is C=CCN1CCNC(CC(=O)N2CCCc3ccccc32)C1=O. The molecule has 0 aliphatic carbocycles. The summed E-state index contributed by atoms with van der Waals surface area (Å²) in [5, 5.41) is 3.18. The standard InChI is InChI=1S/C18H23N3O2/c1-2-10-20-12-9-19-15(18(20)23)13-17(22)21-11-5-7-14-6-3-4-8-16(14)21/h2-4,6,8,15,19H,1,5,7,9-13H2. The van der Waals surface area contributed by atoms with Gasteiger partial charge in [-0.25, -0.2) is 0 Å². The molecule has 2 aliphatic heterocycles. The summed E-state index contributed by atoms with van der Waals surface area (Å²) in [6, 6.07) is 7.61. The first kappa shape index (κ1) is 15.7. The van der Waals surface area contributed by atoms with Gasteiger partial charge in [-0.1, -0.05) is 24.3 Å². The zero-order valence-corrected chi connectivity index (χ0v) is 13.3. The minimum Gasteiger partial charge on any atom is -0.336 e. The molecule has 1 N–H and O–H groups in total. The average molecular weight is 313 g/mol. The highest BCUT2D eigenvalue weighted by atomic mass is 16.2. The van der Waals surface area contributed by atoms with E-state index in [1.807, 2.05) is 23.1 Å². The van der Waals surface area contributed by atoms with Crippen LogP contribution in [0.1, 0.15) is 18.4 Å². The van der Waals surface area contributed by atoms with Gasteiger partial charge in [-0.05, 0) is 24.5 Å². The van der Waals surface area contributed by atoms with Crippen LogP contribution in [0.5, 0.6) is 0 Å². The lowest BCUT2D eigenvalue weighted by Crippen LogP contribution is -2.56. The van der Waals surface area contributed by atoms with E-state index in [1.54, 1.807) is 11.0 Å². The van der Waals surface area contributed by atoms with Crippen molar-refractivity contribution >= 4 is 17.5 Å². The first-order valence-corrected chi connectivity index (χ1v) is 8.22. The van der Waals surface area contributed by atoms with Crippen molar-refractivity contribution in [1.29, 1.82) is 0 Å². The highest BCUT2D eigenvalue weighted by molar-refractivity contribution is 5.98. The Morgan fingerprint density at radius 2 is 2.17 bits per heavy atom. The number of fused-ring (bicyclic) bond motifs is 1. The summed E-state index contributed by atoms with van der Waals surface area (Å²) in [6.07, 6.45) is 3.91. The molecule has 5 nitrogen and oxygen atoms in total. The minimum absolute atomic E-state index is 0.00482. The smallest absolute Gasteiger partial charge is 0.240 e. The Kier molecular flexibility index (Phi) is 4.76. The van der Waals surface area contributed by atoms with Gasteiger partial charge in [-0.15, -0.1) is 6.58 Å². The van der Waals surface area contributed by atoms with E-state index in [1.165, 1.54) is 5.56 Å². The third-order valence-electron chi connectivity index (χ3n) is 4.52. The van der Waals surface area contributed by atoms with Crippen LogP contribution in [0.2, 0.25) is 0 Å². The third-order valence-corrected chi connectivity index (χ3v) is 4.52. The van der Waals surface area contributed by atoms with Crippen molar-refractivity contribution in [2.45, 2.75) is 25.3 Å². The molecule has 0 spiro atoms. The molecule has 3 rings (SSSR count). The zero-order valence-electron chi connectivity index (χ0n) is 13.3. The molecule has 0 bridgehead atoms. The van der Waals surface area contributed by atoms with E-state index in [0.29, 0.717) is 19.6 Å². The Bertz CT molecular complexity index is 614. The molecule has 1 fully saturated rings. The van der Waals surface area contributed by atoms with Crippen LogP contribution in [0.15, 0.2) is 36.9 Å². The van der Waals surface area contributed by atoms with E-state index in [4.69, 9.17) is 0 Å². The lowest BCUT2D eigenvalue weighted by molar-refractivity contribution is -0.137. The van der Waals surface area contributed by atoms with Gasteiger partial charge in [0.2, 0.25) is 11.8 Å². The summed E-state index contributed by atoms with van der Waals surface area (Å²) in [7, 11) is 0. The van der Waals surface area contributed by atoms with Crippen molar-refractivity contribution in [3.63, 3.8) is 0 Å². The fourth-order valence-corrected chi connectivity index (χ4v) is 3.37. The highest BCUT2D eigenvalue weighted by Crippen LogP contribution is 2.27. The van der Waals surface area contributed by atoms with Crippen LogP contribution >= 0.6 is 0 Å². The lowest BCUT2D eigenvalue weighted by Gasteiger charge is -2.34. The van der Waals surface area contributed by atoms with E-state index >= 15 is 0 Å². The monoisotopic (exact) mass is 313 g/mol. The van der Waals surface area contributed by atoms with Crippen LogP contribution in [0, 0.1) is 0 Å². The maximum atomic E-state index is 12.7. The molecule has 2 aliphatic rings. The van der Waals surface area contributed by atoms with Crippen LogP contribution in [0.25, 0.3) is 0 Å². The van der Waals surface area contributed by atoms with E-state index in [-0.39, 0.29) is 18.2 Å². The number of hydrogen-bond donors (Lipinski definition) is 1. The number of anilines is 1. The summed E-state index contributed by atoms with van der Waals surface area (Å²) in [5.74, 6) is 0.0123. The summed E-state index contributed by atoms with van der Waals surface area (Å²) < 4.78 is 0. The molecule has 1 atom stereocenters. The summed E-state index contributed by atoms with van der Waals surface area (Å²) >= 11 is 0. The average Bonchev–Trinajstić information content (AvgIpc) is 2.58. The number of benzene rings is 1. The zero-order chi connectivity index (χ0) is 16.2. The topological polar surface area (TPSA) is 52.7 Å². The van der Waals surface area contributed by atoms with Crippen LogP contribution in [-0.2, 0) is 16.0 Å². The second-order valence-corrected chi connectivity index (χ2v) is 6.06. The number of rotatable bonds is 4.